The quantitative estimate of drug-likeness (QED) is 0.857. The number of aryl methyl sites for hydroxylation is 1. The van der Waals surface area contributed by atoms with Crippen LogP contribution in [-0.4, -0.2) is 29.9 Å². The van der Waals surface area contributed by atoms with Gasteiger partial charge in [-0.05, 0) is 19.1 Å². The highest BCUT2D eigenvalue weighted by molar-refractivity contribution is 7.92. The van der Waals surface area contributed by atoms with Crippen LogP contribution in [0.4, 0.5) is 5.69 Å². The molecule has 0 saturated carbocycles. The van der Waals surface area contributed by atoms with E-state index in [1.807, 2.05) is 6.07 Å². The van der Waals surface area contributed by atoms with Gasteiger partial charge in [0.2, 0.25) is 10.0 Å². The minimum Gasteiger partial charge on any atom is -0.284 e. The summed E-state index contributed by atoms with van der Waals surface area (Å²) in [6.45, 7) is 1.80. The van der Waals surface area contributed by atoms with Gasteiger partial charge in [-0.3, -0.25) is 9.82 Å². The highest BCUT2D eigenvalue weighted by atomic mass is 32.2. The maximum Gasteiger partial charge on any atom is 0.229 e. The topological polar surface area (TPSA) is 87.7 Å². The molecule has 6 nitrogen and oxygen atoms in total. The first-order chi connectivity index (χ1) is 7.94. The van der Waals surface area contributed by atoms with E-state index in [-0.39, 0.29) is 0 Å². The van der Waals surface area contributed by atoms with Crippen molar-refractivity contribution in [3.8, 4) is 11.4 Å². The maximum atomic E-state index is 11.1. The number of hydrogen-bond acceptors (Lipinski definition) is 4. The molecule has 0 aliphatic rings. The number of benzene rings is 1. The number of anilines is 1. The van der Waals surface area contributed by atoms with E-state index in [2.05, 4.69) is 19.9 Å². The minimum absolute atomic E-state index is 0.493. The number of aromatic nitrogens is 3. The molecule has 7 heteroatoms. The highest BCUT2D eigenvalue weighted by Gasteiger charge is 2.06. The lowest BCUT2D eigenvalue weighted by molar-refractivity contribution is 0.607. The van der Waals surface area contributed by atoms with Gasteiger partial charge in [-0.15, -0.1) is 0 Å². The predicted octanol–water partition coefficient (Wildman–Crippen LogP) is 1.15. The van der Waals surface area contributed by atoms with Crippen LogP contribution in [0.3, 0.4) is 0 Å². The molecule has 17 heavy (non-hydrogen) atoms. The lowest BCUT2D eigenvalue weighted by Crippen LogP contribution is -2.09. The molecule has 0 spiro atoms. The lowest BCUT2D eigenvalue weighted by Gasteiger charge is -2.04. The molecule has 1 aromatic carbocycles. The molecule has 0 atom stereocenters. The molecule has 2 rings (SSSR count). The van der Waals surface area contributed by atoms with Crippen molar-refractivity contribution in [3.05, 3.63) is 30.1 Å². The van der Waals surface area contributed by atoms with Crippen LogP contribution in [0, 0.1) is 6.92 Å². The van der Waals surface area contributed by atoms with Gasteiger partial charge in [0.05, 0.1) is 6.26 Å². The zero-order valence-corrected chi connectivity index (χ0v) is 10.2. The fourth-order valence-corrected chi connectivity index (χ4v) is 1.96. The fraction of sp³-hybridized carbons (Fsp3) is 0.200. The van der Waals surface area contributed by atoms with Crippen molar-refractivity contribution in [2.24, 2.45) is 0 Å². The van der Waals surface area contributed by atoms with Crippen molar-refractivity contribution >= 4 is 15.7 Å². The third-order valence-corrected chi connectivity index (χ3v) is 2.63. The van der Waals surface area contributed by atoms with Crippen molar-refractivity contribution < 1.29 is 8.42 Å². The van der Waals surface area contributed by atoms with Gasteiger partial charge in [0.1, 0.15) is 5.82 Å². The van der Waals surface area contributed by atoms with Crippen molar-refractivity contribution in [1.82, 2.24) is 15.2 Å². The molecular weight excluding hydrogens is 240 g/mol. The largest absolute Gasteiger partial charge is 0.284 e. The Morgan fingerprint density at radius 2 is 2.12 bits per heavy atom. The third kappa shape index (κ3) is 3.04. The molecule has 0 saturated heterocycles. The zero-order valence-electron chi connectivity index (χ0n) is 9.43. The number of aromatic amines is 1. The van der Waals surface area contributed by atoms with Crippen molar-refractivity contribution in [3.63, 3.8) is 0 Å². The second kappa shape index (κ2) is 4.17. The van der Waals surface area contributed by atoms with Gasteiger partial charge in [-0.1, -0.05) is 12.1 Å². The summed E-state index contributed by atoms with van der Waals surface area (Å²) in [5.74, 6) is 1.25. The molecule has 0 radical (unpaired) electrons. The fourth-order valence-electron chi connectivity index (χ4n) is 1.41. The Kier molecular flexibility index (Phi) is 2.84. The smallest absolute Gasteiger partial charge is 0.229 e. The average molecular weight is 252 g/mol. The van der Waals surface area contributed by atoms with Gasteiger partial charge in [0.15, 0.2) is 5.82 Å². The summed E-state index contributed by atoms with van der Waals surface area (Å²) in [5.41, 5.74) is 1.25. The van der Waals surface area contributed by atoms with E-state index < -0.39 is 10.0 Å². The van der Waals surface area contributed by atoms with Gasteiger partial charge >= 0.3 is 0 Å². The van der Waals surface area contributed by atoms with Gasteiger partial charge in [-0.2, -0.15) is 5.10 Å². The Morgan fingerprint density at radius 3 is 2.71 bits per heavy atom. The molecule has 1 heterocycles. The molecule has 90 valence electrons. The van der Waals surface area contributed by atoms with E-state index in [1.54, 1.807) is 25.1 Å². The first-order valence-corrected chi connectivity index (χ1v) is 6.80. The van der Waals surface area contributed by atoms with Crippen molar-refractivity contribution in [2.45, 2.75) is 6.92 Å². The van der Waals surface area contributed by atoms with Crippen LogP contribution in [0.25, 0.3) is 11.4 Å². The van der Waals surface area contributed by atoms with Crippen LogP contribution < -0.4 is 4.72 Å². The number of H-pyrrole nitrogens is 1. The Labute approximate surface area is 99.1 Å². The van der Waals surface area contributed by atoms with Crippen molar-refractivity contribution in [1.29, 1.82) is 0 Å². The van der Waals surface area contributed by atoms with E-state index in [0.29, 0.717) is 17.3 Å². The Balaban J connectivity index is 2.35. The first-order valence-electron chi connectivity index (χ1n) is 4.91. The summed E-state index contributed by atoms with van der Waals surface area (Å²) in [6.07, 6.45) is 1.11. The molecule has 0 unspecified atom stereocenters. The van der Waals surface area contributed by atoms with E-state index in [4.69, 9.17) is 0 Å². The summed E-state index contributed by atoms with van der Waals surface area (Å²) < 4.78 is 24.6. The van der Waals surface area contributed by atoms with Crippen LogP contribution in [0.2, 0.25) is 0 Å². The zero-order chi connectivity index (χ0) is 12.5. The highest BCUT2D eigenvalue weighted by Crippen LogP contribution is 2.19. The lowest BCUT2D eigenvalue weighted by atomic mass is 10.2. The van der Waals surface area contributed by atoms with Gasteiger partial charge in [-0.25, -0.2) is 13.4 Å². The first kappa shape index (κ1) is 11.6. The van der Waals surface area contributed by atoms with Gasteiger partial charge in [0.25, 0.3) is 0 Å². The Hall–Kier alpha value is -1.89. The standard InChI is InChI=1S/C10H12N4O2S/c1-7-11-10(13-12-7)8-4-3-5-9(6-8)14-17(2,15)16/h3-6,14H,1-2H3,(H,11,12,13). The average Bonchev–Trinajstić information content (AvgIpc) is 2.63. The molecule has 0 bridgehead atoms. The molecule has 0 fully saturated rings. The SMILES string of the molecule is Cc1nc(-c2cccc(NS(C)(=O)=O)c2)n[nH]1. The number of hydrogen-bond donors (Lipinski definition) is 2. The third-order valence-electron chi connectivity index (χ3n) is 2.02. The Morgan fingerprint density at radius 1 is 1.35 bits per heavy atom. The second-order valence-electron chi connectivity index (χ2n) is 3.70. The van der Waals surface area contributed by atoms with E-state index in [9.17, 15) is 8.42 Å². The molecule has 1 aromatic heterocycles. The van der Waals surface area contributed by atoms with Gasteiger partial charge < -0.3 is 0 Å². The number of rotatable bonds is 3. The number of sulfonamides is 1. The molecule has 0 aliphatic carbocycles. The maximum absolute atomic E-state index is 11.1. The van der Waals surface area contributed by atoms with Gasteiger partial charge in [0, 0.05) is 11.3 Å². The molecule has 2 N–H and O–H groups in total. The van der Waals surface area contributed by atoms with Crippen molar-refractivity contribution in [2.75, 3.05) is 11.0 Å². The number of nitrogens with zero attached hydrogens (tertiary/aromatic N) is 2. The van der Waals surface area contributed by atoms with E-state index >= 15 is 0 Å². The van der Waals surface area contributed by atoms with Crippen LogP contribution in [0.1, 0.15) is 5.82 Å². The molecule has 0 aliphatic heterocycles. The van der Waals surface area contributed by atoms with Crippen LogP contribution in [0.15, 0.2) is 24.3 Å². The summed E-state index contributed by atoms with van der Waals surface area (Å²) in [4.78, 5) is 4.17. The van der Waals surface area contributed by atoms with Crippen LogP contribution in [-0.2, 0) is 10.0 Å². The predicted molar refractivity (Wildman–Crippen MR) is 65.0 cm³/mol. The normalized spacial score (nSPS) is 11.4. The number of nitrogens with one attached hydrogen (secondary N) is 2. The van der Waals surface area contributed by atoms with E-state index in [1.165, 1.54) is 0 Å². The summed E-state index contributed by atoms with van der Waals surface area (Å²) in [7, 11) is -3.27. The van der Waals surface area contributed by atoms with E-state index in [0.717, 1.165) is 11.8 Å². The molecule has 2 aromatic rings. The second-order valence-corrected chi connectivity index (χ2v) is 5.45. The summed E-state index contributed by atoms with van der Waals surface area (Å²) in [6, 6.07) is 6.92. The minimum atomic E-state index is -3.27. The molecular formula is C10H12N4O2S. The molecule has 0 amide bonds. The monoisotopic (exact) mass is 252 g/mol. The van der Waals surface area contributed by atoms with Crippen LogP contribution in [0.5, 0.6) is 0 Å². The summed E-state index contributed by atoms with van der Waals surface area (Å²) >= 11 is 0. The Bertz CT molecular complexity index is 633. The summed E-state index contributed by atoms with van der Waals surface area (Å²) in [5, 5.41) is 6.75. The van der Waals surface area contributed by atoms with Crippen LogP contribution >= 0.6 is 0 Å².